The molecular formula is C15H14ClN3O. The second-order valence-electron chi connectivity index (χ2n) is 4.28. The molecule has 0 fully saturated rings. The second-order valence-corrected chi connectivity index (χ2v) is 4.72. The summed E-state index contributed by atoms with van der Waals surface area (Å²) < 4.78 is 5.28. The van der Waals surface area contributed by atoms with Crippen LogP contribution >= 0.6 is 11.6 Å². The summed E-state index contributed by atoms with van der Waals surface area (Å²) >= 11 is 5.92. The number of ether oxygens (including phenoxy) is 1. The lowest BCUT2D eigenvalue weighted by atomic mass is 10.2. The quantitative estimate of drug-likeness (QED) is 0.934. The Morgan fingerprint density at radius 2 is 2.15 bits per heavy atom. The number of nitrogens with one attached hydrogen (secondary N) is 1. The van der Waals surface area contributed by atoms with Gasteiger partial charge in [-0.25, -0.2) is 4.98 Å². The number of nitriles is 1. The van der Waals surface area contributed by atoms with Crippen LogP contribution in [0.15, 0.2) is 30.3 Å². The first kappa shape index (κ1) is 14.2. The smallest absolute Gasteiger partial charge is 0.145 e. The number of hydrogen-bond acceptors (Lipinski definition) is 4. The number of methoxy groups -OCH3 is 1. The van der Waals surface area contributed by atoms with E-state index < -0.39 is 0 Å². The highest BCUT2D eigenvalue weighted by Gasteiger charge is 2.05. The minimum atomic E-state index is 0.429. The molecule has 4 nitrogen and oxygen atoms in total. The van der Waals surface area contributed by atoms with Crippen molar-refractivity contribution in [2.24, 2.45) is 0 Å². The first-order valence-electron chi connectivity index (χ1n) is 6.08. The molecule has 1 N–H and O–H groups in total. The van der Waals surface area contributed by atoms with Crippen LogP contribution < -0.4 is 10.1 Å². The predicted molar refractivity (Wildman–Crippen MR) is 79.0 cm³/mol. The Morgan fingerprint density at radius 1 is 1.35 bits per heavy atom. The Morgan fingerprint density at radius 3 is 2.85 bits per heavy atom. The lowest BCUT2D eigenvalue weighted by Gasteiger charge is -2.11. The molecular weight excluding hydrogens is 274 g/mol. The van der Waals surface area contributed by atoms with E-state index in [2.05, 4.69) is 16.4 Å². The zero-order chi connectivity index (χ0) is 14.5. The van der Waals surface area contributed by atoms with Crippen LogP contribution in [0.25, 0.3) is 0 Å². The van der Waals surface area contributed by atoms with E-state index in [1.54, 1.807) is 13.2 Å². The van der Waals surface area contributed by atoms with Gasteiger partial charge in [-0.1, -0.05) is 23.7 Å². The number of rotatable bonds is 4. The van der Waals surface area contributed by atoms with Gasteiger partial charge in [0.2, 0.25) is 0 Å². The van der Waals surface area contributed by atoms with Crippen LogP contribution in [-0.2, 0) is 6.54 Å². The van der Waals surface area contributed by atoms with Crippen molar-refractivity contribution in [2.75, 3.05) is 12.4 Å². The zero-order valence-corrected chi connectivity index (χ0v) is 12.0. The molecule has 0 bridgehead atoms. The largest absolute Gasteiger partial charge is 0.496 e. The van der Waals surface area contributed by atoms with Crippen molar-refractivity contribution < 1.29 is 4.74 Å². The molecule has 0 spiro atoms. The average molecular weight is 288 g/mol. The summed E-state index contributed by atoms with van der Waals surface area (Å²) in [6.45, 7) is 2.40. The van der Waals surface area contributed by atoms with Crippen molar-refractivity contribution in [3.63, 3.8) is 0 Å². The highest BCUT2D eigenvalue weighted by molar-refractivity contribution is 6.30. The fourth-order valence-corrected chi connectivity index (χ4v) is 1.95. The summed E-state index contributed by atoms with van der Waals surface area (Å²) in [5.74, 6) is 1.38. The topological polar surface area (TPSA) is 57.9 Å². The first-order chi connectivity index (χ1) is 9.63. The third-order valence-electron chi connectivity index (χ3n) is 2.91. The van der Waals surface area contributed by atoms with Crippen molar-refractivity contribution in [3.05, 3.63) is 52.2 Å². The van der Waals surface area contributed by atoms with E-state index in [1.807, 2.05) is 31.2 Å². The Kier molecular flexibility index (Phi) is 4.44. The second kappa shape index (κ2) is 6.27. The third kappa shape index (κ3) is 3.19. The highest BCUT2D eigenvalue weighted by atomic mass is 35.5. The van der Waals surface area contributed by atoms with E-state index in [4.69, 9.17) is 21.6 Å². The maximum atomic E-state index is 8.97. The van der Waals surface area contributed by atoms with Crippen molar-refractivity contribution >= 4 is 17.4 Å². The summed E-state index contributed by atoms with van der Waals surface area (Å²) in [6, 6.07) is 11.3. The first-order valence-corrected chi connectivity index (χ1v) is 6.46. The normalized spacial score (nSPS) is 9.90. The molecule has 1 aromatic heterocycles. The van der Waals surface area contributed by atoms with Crippen molar-refractivity contribution in [1.29, 1.82) is 5.26 Å². The molecule has 0 saturated carbocycles. The number of aromatic nitrogens is 1. The molecule has 0 aliphatic heterocycles. The molecule has 5 heteroatoms. The Bertz CT molecular complexity index is 665. The summed E-state index contributed by atoms with van der Waals surface area (Å²) in [5.41, 5.74) is 2.26. The molecule has 0 aliphatic carbocycles. The minimum Gasteiger partial charge on any atom is -0.496 e. The van der Waals surface area contributed by atoms with E-state index in [9.17, 15) is 0 Å². The number of nitrogens with zero attached hydrogens (tertiary/aromatic N) is 2. The van der Waals surface area contributed by atoms with Gasteiger partial charge in [-0.2, -0.15) is 5.26 Å². The minimum absolute atomic E-state index is 0.429. The zero-order valence-electron chi connectivity index (χ0n) is 11.3. The standard InChI is InChI=1S/C15H14ClN3O/c1-10-3-6-15(19-13(10)8-17)18-9-11-4-5-12(16)7-14(11)20-2/h3-7H,9H2,1-2H3,(H,18,19). The number of hydrogen-bond donors (Lipinski definition) is 1. The van der Waals surface area contributed by atoms with Crippen LogP contribution in [0.5, 0.6) is 5.75 Å². The summed E-state index contributed by atoms with van der Waals surface area (Å²) in [6.07, 6.45) is 0. The lowest BCUT2D eigenvalue weighted by molar-refractivity contribution is 0.410. The Hall–Kier alpha value is -2.25. The third-order valence-corrected chi connectivity index (χ3v) is 3.15. The van der Waals surface area contributed by atoms with Gasteiger partial charge in [0.25, 0.3) is 0 Å². The molecule has 1 heterocycles. The number of halogens is 1. The van der Waals surface area contributed by atoms with Crippen LogP contribution in [0.1, 0.15) is 16.8 Å². The van der Waals surface area contributed by atoms with Gasteiger partial charge in [0.15, 0.2) is 0 Å². The fourth-order valence-electron chi connectivity index (χ4n) is 1.79. The summed E-state index contributed by atoms with van der Waals surface area (Å²) in [7, 11) is 1.60. The molecule has 2 aromatic rings. The molecule has 0 amide bonds. The average Bonchev–Trinajstić information content (AvgIpc) is 2.47. The van der Waals surface area contributed by atoms with Crippen LogP contribution in [0.3, 0.4) is 0 Å². The van der Waals surface area contributed by atoms with E-state index in [0.717, 1.165) is 16.9 Å². The van der Waals surface area contributed by atoms with Gasteiger partial charge in [-0.3, -0.25) is 0 Å². The maximum absolute atomic E-state index is 8.97. The van der Waals surface area contributed by atoms with Crippen LogP contribution in [0.4, 0.5) is 5.82 Å². The number of anilines is 1. The molecule has 2 rings (SSSR count). The lowest BCUT2D eigenvalue weighted by Crippen LogP contribution is -2.04. The van der Waals surface area contributed by atoms with Gasteiger partial charge in [0.05, 0.1) is 7.11 Å². The van der Waals surface area contributed by atoms with Gasteiger partial charge < -0.3 is 10.1 Å². The van der Waals surface area contributed by atoms with Gasteiger partial charge >= 0.3 is 0 Å². The molecule has 20 heavy (non-hydrogen) atoms. The predicted octanol–water partition coefficient (Wildman–Crippen LogP) is 3.54. The Labute approximate surface area is 123 Å². The van der Waals surface area contributed by atoms with Gasteiger partial charge in [0.1, 0.15) is 23.3 Å². The van der Waals surface area contributed by atoms with Gasteiger partial charge in [0, 0.05) is 17.1 Å². The van der Waals surface area contributed by atoms with Crippen molar-refractivity contribution in [2.45, 2.75) is 13.5 Å². The molecule has 102 valence electrons. The molecule has 0 saturated heterocycles. The van der Waals surface area contributed by atoms with Crippen LogP contribution in [-0.4, -0.2) is 12.1 Å². The summed E-state index contributed by atoms with van der Waals surface area (Å²) in [4.78, 5) is 4.24. The molecule has 0 aliphatic rings. The van der Waals surface area contributed by atoms with Crippen molar-refractivity contribution in [3.8, 4) is 11.8 Å². The Balaban J connectivity index is 2.15. The number of benzene rings is 1. The fraction of sp³-hybridized carbons (Fsp3) is 0.200. The highest BCUT2D eigenvalue weighted by Crippen LogP contribution is 2.23. The van der Waals surface area contributed by atoms with Gasteiger partial charge in [-0.05, 0) is 30.7 Å². The summed E-state index contributed by atoms with van der Waals surface area (Å²) in [5, 5.41) is 12.8. The van der Waals surface area contributed by atoms with Crippen molar-refractivity contribution in [1.82, 2.24) is 4.98 Å². The number of aryl methyl sites for hydroxylation is 1. The van der Waals surface area contributed by atoms with Crippen LogP contribution in [0.2, 0.25) is 5.02 Å². The maximum Gasteiger partial charge on any atom is 0.145 e. The molecule has 0 radical (unpaired) electrons. The molecule has 0 atom stereocenters. The SMILES string of the molecule is COc1cc(Cl)ccc1CNc1ccc(C)c(C#N)n1. The molecule has 1 aromatic carbocycles. The number of pyridine rings is 1. The monoisotopic (exact) mass is 287 g/mol. The van der Waals surface area contributed by atoms with E-state index >= 15 is 0 Å². The van der Waals surface area contributed by atoms with E-state index in [-0.39, 0.29) is 0 Å². The van der Waals surface area contributed by atoms with E-state index in [0.29, 0.717) is 23.1 Å². The van der Waals surface area contributed by atoms with E-state index in [1.165, 1.54) is 0 Å². The van der Waals surface area contributed by atoms with Gasteiger partial charge in [-0.15, -0.1) is 0 Å². The van der Waals surface area contributed by atoms with Crippen LogP contribution in [0, 0.1) is 18.3 Å². The molecule has 0 unspecified atom stereocenters.